The smallest absolute Gasteiger partial charge is 0.306 e. The number of ether oxygens (including phenoxy) is 2. The Kier molecular flexibility index (Phi) is 38.1. The fourth-order valence-electron chi connectivity index (χ4n) is 5.52. The van der Waals surface area contributed by atoms with E-state index in [-0.39, 0.29) is 25.2 Å². The normalized spacial score (nSPS) is 12.8. The van der Waals surface area contributed by atoms with Gasteiger partial charge in [-0.2, -0.15) is 0 Å². The lowest BCUT2D eigenvalue weighted by Crippen LogP contribution is -2.28. The number of hydrogen-bond acceptors (Lipinski definition) is 5. The minimum atomic E-state index is -0.768. The van der Waals surface area contributed by atoms with Crippen LogP contribution in [0, 0.1) is 0 Å². The van der Waals surface area contributed by atoms with Crippen molar-refractivity contribution in [1.82, 2.24) is 0 Å². The molecule has 0 rings (SSSR count). The standard InChI is InChI=1S/C44H76O5/c1-3-5-7-9-11-12-13-14-15-16-17-18-19-20-21-22-23-24-25-26-27-28-29-30-31-32-33-35-37-39-44(47)49-42(40-45)41-48-43(46)38-36-34-10-8-6-4-2/h5,7,11-12,14-15,17-18,20-21,42,45H,3-4,6,8-10,13,16,19,22-41H2,1-2H3/b7-5-,12-11-,15-14-,18-17-,21-20-. The van der Waals surface area contributed by atoms with Crippen molar-refractivity contribution in [2.24, 2.45) is 0 Å². The Bertz CT molecular complexity index is 869. The van der Waals surface area contributed by atoms with Crippen LogP contribution < -0.4 is 0 Å². The van der Waals surface area contributed by atoms with Gasteiger partial charge in [-0.1, -0.05) is 177 Å². The summed E-state index contributed by atoms with van der Waals surface area (Å²) in [5.74, 6) is -0.603. The Labute approximate surface area is 302 Å². The van der Waals surface area contributed by atoms with Crippen molar-refractivity contribution in [3.63, 3.8) is 0 Å². The van der Waals surface area contributed by atoms with Crippen LogP contribution in [0.15, 0.2) is 60.8 Å². The quantitative estimate of drug-likeness (QED) is 0.0404. The third-order valence-corrected chi connectivity index (χ3v) is 8.58. The summed E-state index contributed by atoms with van der Waals surface area (Å²) in [6.45, 7) is 3.95. The van der Waals surface area contributed by atoms with Crippen LogP contribution in [-0.4, -0.2) is 36.4 Å². The van der Waals surface area contributed by atoms with E-state index in [1.807, 2.05) is 0 Å². The van der Waals surface area contributed by atoms with Crippen molar-refractivity contribution in [3.8, 4) is 0 Å². The van der Waals surface area contributed by atoms with Gasteiger partial charge >= 0.3 is 11.9 Å². The summed E-state index contributed by atoms with van der Waals surface area (Å²) in [5.41, 5.74) is 0. The summed E-state index contributed by atoms with van der Waals surface area (Å²) in [7, 11) is 0. The highest BCUT2D eigenvalue weighted by molar-refractivity contribution is 5.70. The Balaban J connectivity index is 3.48. The lowest BCUT2D eigenvalue weighted by Gasteiger charge is -2.15. The van der Waals surface area contributed by atoms with E-state index < -0.39 is 6.10 Å². The lowest BCUT2D eigenvalue weighted by molar-refractivity contribution is -0.161. The van der Waals surface area contributed by atoms with E-state index in [0.29, 0.717) is 12.8 Å². The molecule has 0 aromatic heterocycles. The third kappa shape index (κ3) is 38.3. The summed E-state index contributed by atoms with van der Waals surface area (Å²) in [6, 6.07) is 0. The molecule has 0 aromatic rings. The van der Waals surface area contributed by atoms with E-state index in [1.165, 1.54) is 89.9 Å². The van der Waals surface area contributed by atoms with Crippen molar-refractivity contribution < 1.29 is 24.2 Å². The molecule has 1 unspecified atom stereocenters. The Morgan fingerprint density at radius 1 is 0.490 bits per heavy atom. The van der Waals surface area contributed by atoms with E-state index >= 15 is 0 Å². The summed E-state index contributed by atoms with van der Waals surface area (Å²) in [4.78, 5) is 24.0. The molecule has 0 aromatic carbocycles. The highest BCUT2D eigenvalue weighted by Crippen LogP contribution is 2.14. The molecule has 0 aliphatic rings. The topological polar surface area (TPSA) is 72.8 Å². The van der Waals surface area contributed by atoms with Crippen LogP contribution in [0.1, 0.15) is 187 Å². The van der Waals surface area contributed by atoms with Gasteiger partial charge in [-0.25, -0.2) is 0 Å². The number of aliphatic hydroxyl groups excluding tert-OH is 1. The fraction of sp³-hybridized carbons (Fsp3) is 0.727. The lowest BCUT2D eigenvalue weighted by atomic mass is 10.0. The van der Waals surface area contributed by atoms with Crippen LogP contribution in [0.5, 0.6) is 0 Å². The Hall–Kier alpha value is -2.40. The zero-order valence-electron chi connectivity index (χ0n) is 31.9. The maximum Gasteiger partial charge on any atom is 0.306 e. The first-order valence-corrected chi connectivity index (χ1v) is 20.3. The first-order chi connectivity index (χ1) is 24.1. The van der Waals surface area contributed by atoms with Crippen molar-refractivity contribution >= 4 is 11.9 Å². The molecule has 0 amide bonds. The largest absolute Gasteiger partial charge is 0.462 e. The van der Waals surface area contributed by atoms with Gasteiger partial charge in [-0.15, -0.1) is 0 Å². The molecule has 49 heavy (non-hydrogen) atoms. The number of carbonyl (C=O) groups excluding carboxylic acids is 2. The van der Waals surface area contributed by atoms with Crippen LogP contribution in [0.3, 0.4) is 0 Å². The van der Waals surface area contributed by atoms with Crippen LogP contribution in [-0.2, 0) is 19.1 Å². The van der Waals surface area contributed by atoms with E-state index in [4.69, 9.17) is 9.47 Å². The number of aliphatic hydroxyl groups is 1. The SMILES string of the molecule is CC/C=C\C/C=C\C/C=C\C/C=C\C/C=C\CCCCCCCCCCCCCCCC(=O)OC(CO)COC(=O)CCCCCCCC. The average molecular weight is 685 g/mol. The van der Waals surface area contributed by atoms with E-state index in [1.54, 1.807) is 0 Å². The summed E-state index contributed by atoms with van der Waals surface area (Å²) in [6.07, 6.45) is 51.8. The fourth-order valence-corrected chi connectivity index (χ4v) is 5.52. The molecule has 0 saturated carbocycles. The number of unbranched alkanes of at least 4 members (excludes halogenated alkanes) is 18. The highest BCUT2D eigenvalue weighted by atomic mass is 16.6. The molecule has 0 aliphatic carbocycles. The summed E-state index contributed by atoms with van der Waals surface area (Å²) in [5, 5.41) is 9.49. The molecule has 0 heterocycles. The van der Waals surface area contributed by atoms with Gasteiger partial charge in [0.25, 0.3) is 0 Å². The zero-order chi connectivity index (χ0) is 35.7. The first kappa shape index (κ1) is 46.6. The molecule has 0 fully saturated rings. The second-order valence-electron chi connectivity index (χ2n) is 13.3. The molecule has 282 valence electrons. The van der Waals surface area contributed by atoms with Crippen LogP contribution >= 0.6 is 0 Å². The molecule has 0 aliphatic heterocycles. The van der Waals surface area contributed by atoms with Gasteiger partial charge in [0, 0.05) is 12.8 Å². The second kappa shape index (κ2) is 40.0. The summed E-state index contributed by atoms with van der Waals surface area (Å²) < 4.78 is 10.5. The molecule has 5 nitrogen and oxygen atoms in total. The Morgan fingerprint density at radius 3 is 1.33 bits per heavy atom. The number of hydrogen-bond donors (Lipinski definition) is 1. The van der Waals surface area contributed by atoms with Crippen LogP contribution in [0.25, 0.3) is 0 Å². The molecule has 0 radical (unpaired) electrons. The average Bonchev–Trinajstić information content (AvgIpc) is 3.10. The van der Waals surface area contributed by atoms with Gasteiger partial charge in [0.1, 0.15) is 6.61 Å². The van der Waals surface area contributed by atoms with E-state index in [2.05, 4.69) is 74.6 Å². The van der Waals surface area contributed by atoms with Crippen LogP contribution in [0.4, 0.5) is 0 Å². The predicted molar refractivity (Wildman–Crippen MR) is 210 cm³/mol. The maximum atomic E-state index is 12.1. The molecular weight excluding hydrogens is 608 g/mol. The summed E-state index contributed by atoms with van der Waals surface area (Å²) >= 11 is 0. The van der Waals surface area contributed by atoms with Crippen molar-refractivity contribution in [3.05, 3.63) is 60.8 Å². The molecule has 0 spiro atoms. The number of rotatable bonds is 36. The molecule has 5 heteroatoms. The number of allylic oxidation sites excluding steroid dienone is 10. The molecule has 1 N–H and O–H groups in total. The Morgan fingerprint density at radius 2 is 0.878 bits per heavy atom. The highest BCUT2D eigenvalue weighted by Gasteiger charge is 2.16. The van der Waals surface area contributed by atoms with Crippen molar-refractivity contribution in [2.45, 2.75) is 193 Å². The minimum absolute atomic E-state index is 0.0668. The predicted octanol–water partition coefficient (Wildman–Crippen LogP) is 12.8. The number of carbonyl (C=O) groups is 2. The molecule has 0 saturated heterocycles. The van der Waals surface area contributed by atoms with E-state index in [0.717, 1.165) is 70.6 Å². The van der Waals surface area contributed by atoms with Crippen molar-refractivity contribution in [1.29, 1.82) is 0 Å². The van der Waals surface area contributed by atoms with Crippen molar-refractivity contribution in [2.75, 3.05) is 13.2 Å². The van der Waals surface area contributed by atoms with Gasteiger partial charge in [0.2, 0.25) is 0 Å². The second-order valence-corrected chi connectivity index (χ2v) is 13.3. The zero-order valence-corrected chi connectivity index (χ0v) is 31.9. The van der Waals surface area contributed by atoms with Crippen LogP contribution in [0.2, 0.25) is 0 Å². The van der Waals surface area contributed by atoms with E-state index in [9.17, 15) is 14.7 Å². The molecule has 1 atom stereocenters. The molecule has 0 bridgehead atoms. The minimum Gasteiger partial charge on any atom is -0.462 e. The van der Waals surface area contributed by atoms with Gasteiger partial charge < -0.3 is 14.6 Å². The van der Waals surface area contributed by atoms with Gasteiger partial charge in [0.05, 0.1) is 6.61 Å². The number of esters is 2. The van der Waals surface area contributed by atoms with Gasteiger partial charge in [0.15, 0.2) is 6.10 Å². The monoisotopic (exact) mass is 685 g/mol. The van der Waals surface area contributed by atoms with Gasteiger partial charge in [-0.3, -0.25) is 9.59 Å². The van der Waals surface area contributed by atoms with Gasteiger partial charge in [-0.05, 0) is 57.8 Å². The maximum absolute atomic E-state index is 12.1. The first-order valence-electron chi connectivity index (χ1n) is 20.3. The third-order valence-electron chi connectivity index (χ3n) is 8.58. The molecular formula is C44H76O5.